The van der Waals surface area contributed by atoms with E-state index < -0.39 is 5.60 Å². The van der Waals surface area contributed by atoms with E-state index in [2.05, 4.69) is 9.80 Å². The number of nitrogens with zero attached hydrogens (tertiary/aromatic N) is 2. The molecule has 0 atom stereocenters. The first-order valence-electron chi connectivity index (χ1n) is 7.08. The van der Waals surface area contributed by atoms with Crippen molar-refractivity contribution in [2.45, 2.75) is 26.0 Å². The van der Waals surface area contributed by atoms with Crippen molar-refractivity contribution in [3.05, 3.63) is 23.8 Å². The zero-order valence-electron chi connectivity index (χ0n) is 12.3. The topological polar surface area (TPSA) is 73.0 Å². The highest BCUT2D eigenvalue weighted by Gasteiger charge is 2.22. The molecule has 0 saturated carbocycles. The molecule has 0 radical (unpaired) electrons. The van der Waals surface area contributed by atoms with E-state index in [4.69, 9.17) is 5.73 Å². The van der Waals surface area contributed by atoms with Crippen LogP contribution in [0, 0.1) is 0 Å². The molecule has 0 bridgehead atoms. The molecule has 1 aliphatic rings. The number of phenols is 1. The first-order chi connectivity index (χ1) is 9.33. The van der Waals surface area contributed by atoms with E-state index in [-0.39, 0.29) is 5.75 Å². The highest BCUT2D eigenvalue weighted by atomic mass is 16.3. The van der Waals surface area contributed by atoms with E-state index in [0.717, 1.165) is 38.3 Å². The number of aliphatic hydroxyl groups is 1. The molecule has 5 nitrogen and oxygen atoms in total. The lowest BCUT2D eigenvalue weighted by atomic mass is 10.1. The van der Waals surface area contributed by atoms with E-state index in [9.17, 15) is 10.2 Å². The summed E-state index contributed by atoms with van der Waals surface area (Å²) in [7, 11) is 0. The first-order valence-corrected chi connectivity index (χ1v) is 7.08. The van der Waals surface area contributed by atoms with Crippen molar-refractivity contribution in [1.29, 1.82) is 0 Å². The fourth-order valence-electron chi connectivity index (χ4n) is 2.61. The molecule has 20 heavy (non-hydrogen) atoms. The van der Waals surface area contributed by atoms with Crippen molar-refractivity contribution >= 4 is 5.69 Å². The van der Waals surface area contributed by atoms with Gasteiger partial charge in [-0.25, -0.2) is 0 Å². The molecule has 0 aromatic heterocycles. The summed E-state index contributed by atoms with van der Waals surface area (Å²) in [5.74, 6) is 0.142. The molecule has 1 fully saturated rings. The van der Waals surface area contributed by atoms with Gasteiger partial charge in [0.2, 0.25) is 0 Å². The highest BCUT2D eigenvalue weighted by molar-refractivity contribution is 5.53. The third kappa shape index (κ3) is 4.37. The number of β-amino-alcohol motifs (C(OH)–C–C–N with tert-alkyl or cyclic N) is 1. The Morgan fingerprint density at radius 3 is 2.30 bits per heavy atom. The SMILES string of the molecule is CC(C)(O)CN1CCN(Cc2ccc(O)c(N)c2)CC1. The Labute approximate surface area is 120 Å². The summed E-state index contributed by atoms with van der Waals surface area (Å²) in [6.07, 6.45) is 0. The maximum atomic E-state index is 9.83. The standard InChI is InChI=1S/C15H25N3O2/c1-15(2,20)11-18-7-5-17(6-8-18)10-12-3-4-14(19)13(16)9-12/h3-4,9,19-20H,5-8,10-11,16H2,1-2H3. The molecule has 5 heteroatoms. The van der Waals surface area contributed by atoms with Crippen LogP contribution in [0.2, 0.25) is 0 Å². The Kier molecular flexibility index (Phi) is 4.52. The second-order valence-electron chi connectivity index (χ2n) is 6.26. The second-order valence-corrected chi connectivity index (χ2v) is 6.26. The maximum Gasteiger partial charge on any atom is 0.138 e. The summed E-state index contributed by atoms with van der Waals surface area (Å²) in [6.45, 7) is 9.16. The van der Waals surface area contributed by atoms with Gasteiger partial charge in [-0.15, -0.1) is 0 Å². The summed E-state index contributed by atoms with van der Waals surface area (Å²) < 4.78 is 0. The van der Waals surface area contributed by atoms with Gasteiger partial charge in [-0.1, -0.05) is 6.07 Å². The minimum atomic E-state index is -0.631. The van der Waals surface area contributed by atoms with Gasteiger partial charge in [0.1, 0.15) is 5.75 Å². The molecule has 1 saturated heterocycles. The predicted octanol–water partition coefficient (Wildman–Crippen LogP) is 0.863. The molecule has 112 valence electrons. The van der Waals surface area contributed by atoms with Gasteiger partial charge in [0, 0.05) is 39.3 Å². The average molecular weight is 279 g/mol. The molecule has 0 unspecified atom stereocenters. The molecule has 0 amide bonds. The minimum Gasteiger partial charge on any atom is -0.506 e. The molecular weight excluding hydrogens is 254 g/mol. The summed E-state index contributed by atoms with van der Waals surface area (Å²) in [5.41, 5.74) is 6.64. The summed E-state index contributed by atoms with van der Waals surface area (Å²) >= 11 is 0. The molecule has 1 heterocycles. The Balaban J connectivity index is 1.83. The van der Waals surface area contributed by atoms with Gasteiger partial charge in [0.05, 0.1) is 11.3 Å². The largest absolute Gasteiger partial charge is 0.506 e. The van der Waals surface area contributed by atoms with Crippen LogP contribution in [0.25, 0.3) is 0 Å². The molecule has 1 aromatic carbocycles. The molecular formula is C15H25N3O2. The number of anilines is 1. The average Bonchev–Trinajstić information content (AvgIpc) is 2.35. The number of hydrogen-bond donors (Lipinski definition) is 3. The molecule has 1 aliphatic heterocycles. The molecule has 1 aromatic rings. The smallest absolute Gasteiger partial charge is 0.138 e. The third-order valence-electron chi connectivity index (χ3n) is 3.57. The summed E-state index contributed by atoms with van der Waals surface area (Å²) in [5, 5.41) is 19.3. The van der Waals surface area contributed by atoms with Gasteiger partial charge in [-0.2, -0.15) is 0 Å². The van der Waals surface area contributed by atoms with Gasteiger partial charge in [0.25, 0.3) is 0 Å². The number of benzene rings is 1. The van der Waals surface area contributed by atoms with E-state index >= 15 is 0 Å². The fraction of sp³-hybridized carbons (Fsp3) is 0.600. The summed E-state index contributed by atoms with van der Waals surface area (Å²) in [6, 6.07) is 5.39. The molecule has 0 spiro atoms. The zero-order chi connectivity index (χ0) is 14.8. The maximum absolute atomic E-state index is 9.83. The summed E-state index contributed by atoms with van der Waals surface area (Å²) in [4.78, 5) is 4.66. The third-order valence-corrected chi connectivity index (χ3v) is 3.57. The Hall–Kier alpha value is -1.30. The Morgan fingerprint density at radius 2 is 1.75 bits per heavy atom. The van der Waals surface area contributed by atoms with Crippen LogP contribution < -0.4 is 5.73 Å². The van der Waals surface area contributed by atoms with Crippen LogP contribution in [0.4, 0.5) is 5.69 Å². The number of nitrogens with two attached hydrogens (primary N) is 1. The van der Waals surface area contributed by atoms with Crippen LogP contribution in [-0.2, 0) is 6.54 Å². The predicted molar refractivity (Wildman–Crippen MR) is 80.5 cm³/mol. The van der Waals surface area contributed by atoms with Gasteiger partial charge in [-0.05, 0) is 31.5 Å². The number of nitrogen functional groups attached to an aromatic ring is 1. The normalized spacial score (nSPS) is 18.4. The second kappa shape index (κ2) is 5.99. The van der Waals surface area contributed by atoms with Crippen molar-refractivity contribution in [3.8, 4) is 5.75 Å². The highest BCUT2D eigenvalue weighted by Crippen LogP contribution is 2.21. The number of piperazine rings is 1. The number of rotatable bonds is 4. The van der Waals surface area contributed by atoms with Crippen LogP contribution in [0.15, 0.2) is 18.2 Å². The Morgan fingerprint density at radius 1 is 1.15 bits per heavy atom. The molecule has 0 aliphatic carbocycles. The molecule has 2 rings (SSSR count). The van der Waals surface area contributed by atoms with Crippen LogP contribution in [0.1, 0.15) is 19.4 Å². The monoisotopic (exact) mass is 279 g/mol. The van der Waals surface area contributed by atoms with E-state index in [1.54, 1.807) is 6.07 Å². The van der Waals surface area contributed by atoms with Gasteiger partial charge in [-0.3, -0.25) is 9.80 Å². The van der Waals surface area contributed by atoms with Crippen LogP contribution >= 0.6 is 0 Å². The van der Waals surface area contributed by atoms with Crippen molar-refractivity contribution in [1.82, 2.24) is 9.80 Å². The number of aromatic hydroxyl groups is 1. The van der Waals surface area contributed by atoms with Crippen LogP contribution in [0.3, 0.4) is 0 Å². The van der Waals surface area contributed by atoms with Crippen molar-refractivity contribution in [2.75, 3.05) is 38.5 Å². The van der Waals surface area contributed by atoms with Gasteiger partial charge >= 0.3 is 0 Å². The molecule has 4 N–H and O–H groups in total. The lowest BCUT2D eigenvalue weighted by Crippen LogP contribution is -2.50. The lowest BCUT2D eigenvalue weighted by molar-refractivity contribution is 0.0167. The minimum absolute atomic E-state index is 0.142. The van der Waals surface area contributed by atoms with E-state index in [1.165, 1.54) is 0 Å². The number of hydrogen-bond acceptors (Lipinski definition) is 5. The van der Waals surface area contributed by atoms with E-state index in [0.29, 0.717) is 12.2 Å². The van der Waals surface area contributed by atoms with Gasteiger partial charge < -0.3 is 15.9 Å². The fourth-order valence-corrected chi connectivity index (χ4v) is 2.61. The van der Waals surface area contributed by atoms with Crippen molar-refractivity contribution in [3.63, 3.8) is 0 Å². The first kappa shape index (κ1) is 15.1. The van der Waals surface area contributed by atoms with Crippen LogP contribution in [-0.4, -0.2) is 58.3 Å². The lowest BCUT2D eigenvalue weighted by Gasteiger charge is -2.37. The quantitative estimate of drug-likeness (QED) is 0.563. The van der Waals surface area contributed by atoms with E-state index in [1.807, 2.05) is 26.0 Å². The van der Waals surface area contributed by atoms with Crippen molar-refractivity contribution in [2.24, 2.45) is 0 Å². The van der Waals surface area contributed by atoms with Crippen molar-refractivity contribution < 1.29 is 10.2 Å². The zero-order valence-corrected chi connectivity index (χ0v) is 12.3. The van der Waals surface area contributed by atoms with Gasteiger partial charge in [0.15, 0.2) is 0 Å². The Bertz CT molecular complexity index is 449. The number of phenolic OH excluding ortho intramolecular Hbond substituents is 1. The van der Waals surface area contributed by atoms with Crippen LogP contribution in [0.5, 0.6) is 5.75 Å².